The third kappa shape index (κ3) is 2.99. The van der Waals surface area contributed by atoms with Gasteiger partial charge < -0.3 is 14.6 Å². The van der Waals surface area contributed by atoms with Crippen LogP contribution < -0.4 is 5.32 Å². The summed E-state index contributed by atoms with van der Waals surface area (Å²) >= 11 is 1.49. The van der Waals surface area contributed by atoms with Gasteiger partial charge in [-0.15, -0.1) is 11.3 Å². The molecule has 5 rings (SSSR count). The number of esters is 1. The maximum atomic E-state index is 12.8. The minimum atomic E-state index is -0.475. The number of rotatable bonds is 4. The van der Waals surface area contributed by atoms with E-state index in [1.54, 1.807) is 0 Å². The third-order valence-corrected chi connectivity index (χ3v) is 6.50. The first kappa shape index (κ1) is 17.4. The Labute approximate surface area is 165 Å². The number of nitrogens with zero attached hydrogens (tertiary/aromatic N) is 3. The molecule has 2 amide bonds. The van der Waals surface area contributed by atoms with Crippen molar-refractivity contribution < 1.29 is 18.8 Å². The van der Waals surface area contributed by atoms with Crippen LogP contribution in [-0.4, -0.2) is 33.6 Å². The summed E-state index contributed by atoms with van der Waals surface area (Å²) in [5.74, 6) is 1.00. The maximum absolute atomic E-state index is 12.8. The number of carbonyl (C=O) groups excluding carboxylic acids is 2. The number of hydrogen-bond acceptors (Lipinski definition) is 7. The molecule has 2 aliphatic heterocycles. The topological polar surface area (TPSA) is 97.6 Å². The number of aromatic nitrogens is 2. The molecule has 0 saturated heterocycles. The normalized spacial score (nSPS) is 23.0. The molecular weight excluding hydrogens is 380 g/mol. The van der Waals surface area contributed by atoms with Gasteiger partial charge in [-0.2, -0.15) is 4.98 Å². The van der Waals surface area contributed by atoms with E-state index in [2.05, 4.69) is 15.5 Å². The lowest BCUT2D eigenvalue weighted by molar-refractivity contribution is -0.136. The molecule has 2 aromatic rings. The Morgan fingerprint density at radius 1 is 1.25 bits per heavy atom. The van der Waals surface area contributed by atoms with Gasteiger partial charge in [0.25, 0.3) is 0 Å². The first-order chi connectivity index (χ1) is 13.7. The van der Waals surface area contributed by atoms with E-state index in [0.29, 0.717) is 28.9 Å². The Morgan fingerprint density at radius 3 is 2.89 bits per heavy atom. The molecule has 146 valence electrons. The minimum absolute atomic E-state index is 0.0802. The quantitative estimate of drug-likeness (QED) is 0.791. The van der Waals surface area contributed by atoms with Crippen LogP contribution in [0.15, 0.2) is 33.3 Å². The second kappa shape index (κ2) is 7.05. The summed E-state index contributed by atoms with van der Waals surface area (Å²) in [7, 11) is 0. The Morgan fingerprint density at radius 2 is 2.11 bits per heavy atom. The molecule has 3 aliphatic rings. The van der Waals surface area contributed by atoms with Crippen molar-refractivity contribution in [1.82, 2.24) is 20.4 Å². The molecule has 0 aromatic carbocycles. The first-order valence-electron chi connectivity index (χ1n) is 9.55. The highest BCUT2D eigenvalue weighted by molar-refractivity contribution is 7.10. The molecule has 1 atom stereocenters. The van der Waals surface area contributed by atoms with Crippen molar-refractivity contribution in [2.75, 3.05) is 6.61 Å². The summed E-state index contributed by atoms with van der Waals surface area (Å²) in [6.45, 7) is 0.228. The average Bonchev–Trinajstić information content (AvgIpc) is 3.46. The van der Waals surface area contributed by atoms with E-state index in [1.807, 2.05) is 17.5 Å². The Kier molecular flexibility index (Phi) is 4.38. The summed E-state index contributed by atoms with van der Waals surface area (Å²) in [6, 6.07) is 3.03. The molecule has 1 fully saturated rings. The number of urea groups is 1. The molecule has 4 heterocycles. The van der Waals surface area contributed by atoms with Crippen LogP contribution in [0.5, 0.6) is 0 Å². The van der Waals surface area contributed by atoms with Crippen molar-refractivity contribution >= 4 is 23.3 Å². The van der Waals surface area contributed by atoms with Gasteiger partial charge >= 0.3 is 12.0 Å². The Hall–Kier alpha value is -2.68. The molecule has 1 unspecified atom stereocenters. The molecule has 1 saturated carbocycles. The van der Waals surface area contributed by atoms with E-state index in [9.17, 15) is 9.59 Å². The number of cyclic esters (lactones) is 1. The van der Waals surface area contributed by atoms with E-state index >= 15 is 0 Å². The van der Waals surface area contributed by atoms with Crippen molar-refractivity contribution in [3.05, 3.63) is 45.4 Å². The highest BCUT2D eigenvalue weighted by atomic mass is 32.1. The second-order valence-electron chi connectivity index (χ2n) is 7.30. The molecule has 1 N–H and O–H groups in total. The van der Waals surface area contributed by atoms with Gasteiger partial charge in [0.05, 0.1) is 23.9 Å². The number of nitrogens with one attached hydrogen (secondary N) is 1. The maximum Gasteiger partial charge on any atom is 0.338 e. The zero-order valence-electron chi connectivity index (χ0n) is 15.2. The van der Waals surface area contributed by atoms with Gasteiger partial charge in [-0.1, -0.05) is 30.5 Å². The predicted molar refractivity (Wildman–Crippen MR) is 99.2 cm³/mol. The fourth-order valence-corrected chi connectivity index (χ4v) is 4.92. The number of ether oxygens (including phenoxy) is 1. The molecule has 0 bridgehead atoms. The van der Waals surface area contributed by atoms with E-state index in [0.717, 1.165) is 17.7 Å². The third-order valence-electron chi connectivity index (χ3n) is 5.56. The number of carbonyl (C=O) groups is 2. The highest BCUT2D eigenvalue weighted by Crippen LogP contribution is 2.37. The van der Waals surface area contributed by atoms with Crippen LogP contribution in [0.4, 0.5) is 4.79 Å². The van der Waals surface area contributed by atoms with Crippen LogP contribution in [0.2, 0.25) is 0 Å². The lowest BCUT2D eigenvalue weighted by atomic mass is 9.89. The van der Waals surface area contributed by atoms with E-state index in [1.165, 1.54) is 35.5 Å². The van der Waals surface area contributed by atoms with E-state index in [4.69, 9.17) is 9.26 Å². The number of amides is 2. The van der Waals surface area contributed by atoms with Crippen molar-refractivity contribution in [1.29, 1.82) is 0 Å². The standard InChI is InChI=1S/C19H20N4O4S/c24-18-15-12(10-26-18)23(19(25)21-16(15)13-7-4-8-28-13)9-14-20-17(27-22-14)11-5-2-1-3-6-11/h4,7-8,11,16H,1-3,5-6,9-10H2,(H,21,25). The van der Waals surface area contributed by atoms with Gasteiger partial charge in [0.1, 0.15) is 6.61 Å². The summed E-state index contributed by atoms with van der Waals surface area (Å²) < 4.78 is 10.7. The molecular formula is C19H20N4O4S. The van der Waals surface area contributed by atoms with Crippen molar-refractivity contribution in [3.63, 3.8) is 0 Å². The lowest BCUT2D eigenvalue weighted by Crippen LogP contribution is -2.46. The van der Waals surface area contributed by atoms with Crippen LogP contribution >= 0.6 is 11.3 Å². The molecule has 0 radical (unpaired) electrons. The minimum Gasteiger partial charge on any atom is -0.456 e. The zero-order chi connectivity index (χ0) is 19.1. The number of thiophene rings is 1. The number of hydrogen-bond donors (Lipinski definition) is 1. The van der Waals surface area contributed by atoms with Crippen molar-refractivity contribution in [3.8, 4) is 0 Å². The van der Waals surface area contributed by atoms with Gasteiger partial charge in [0.2, 0.25) is 5.89 Å². The summed E-state index contributed by atoms with van der Waals surface area (Å²) in [5.41, 5.74) is 1.06. The summed E-state index contributed by atoms with van der Waals surface area (Å²) in [5, 5.41) is 8.90. The zero-order valence-corrected chi connectivity index (χ0v) is 16.0. The predicted octanol–water partition coefficient (Wildman–Crippen LogP) is 3.26. The van der Waals surface area contributed by atoms with E-state index < -0.39 is 12.0 Å². The van der Waals surface area contributed by atoms with Gasteiger partial charge in [-0.3, -0.25) is 4.90 Å². The SMILES string of the molecule is O=C1OCC2=C1C(c1cccs1)NC(=O)N2Cc1noc(C2CCCCC2)n1. The van der Waals surface area contributed by atoms with Crippen LogP contribution in [0.25, 0.3) is 0 Å². The smallest absolute Gasteiger partial charge is 0.338 e. The highest BCUT2D eigenvalue weighted by Gasteiger charge is 2.43. The summed E-state index contributed by atoms with van der Waals surface area (Å²) in [4.78, 5) is 32.0. The Bertz CT molecular complexity index is 930. The van der Waals surface area contributed by atoms with E-state index in [-0.39, 0.29) is 19.2 Å². The van der Waals surface area contributed by atoms with Crippen molar-refractivity contribution in [2.45, 2.75) is 50.6 Å². The fourth-order valence-electron chi connectivity index (χ4n) is 4.14. The molecule has 0 spiro atoms. The van der Waals surface area contributed by atoms with Gasteiger partial charge in [0.15, 0.2) is 5.82 Å². The Balaban J connectivity index is 1.41. The van der Waals surface area contributed by atoms with Crippen LogP contribution in [0, 0.1) is 0 Å². The largest absolute Gasteiger partial charge is 0.456 e. The second-order valence-corrected chi connectivity index (χ2v) is 8.28. The van der Waals surface area contributed by atoms with Crippen LogP contribution in [0.3, 0.4) is 0 Å². The molecule has 9 heteroatoms. The van der Waals surface area contributed by atoms with Crippen LogP contribution in [-0.2, 0) is 16.1 Å². The average molecular weight is 400 g/mol. The van der Waals surface area contributed by atoms with Gasteiger partial charge in [-0.05, 0) is 24.3 Å². The summed E-state index contributed by atoms with van der Waals surface area (Å²) in [6.07, 6.45) is 5.73. The van der Waals surface area contributed by atoms with Gasteiger partial charge in [-0.25, -0.2) is 9.59 Å². The van der Waals surface area contributed by atoms with Crippen LogP contribution in [0.1, 0.15) is 60.7 Å². The fraction of sp³-hybridized carbons (Fsp3) is 0.474. The molecule has 1 aliphatic carbocycles. The monoisotopic (exact) mass is 400 g/mol. The molecule has 8 nitrogen and oxygen atoms in total. The van der Waals surface area contributed by atoms with Crippen molar-refractivity contribution in [2.24, 2.45) is 0 Å². The van der Waals surface area contributed by atoms with Gasteiger partial charge in [0, 0.05) is 10.8 Å². The first-order valence-corrected chi connectivity index (χ1v) is 10.4. The lowest BCUT2D eigenvalue weighted by Gasteiger charge is -2.31. The molecule has 2 aromatic heterocycles. The molecule has 28 heavy (non-hydrogen) atoms.